The van der Waals surface area contributed by atoms with E-state index in [0.717, 1.165) is 10.8 Å². The first-order valence-corrected chi connectivity index (χ1v) is 5.37. The molecule has 0 aromatic heterocycles. The second-order valence-corrected chi connectivity index (χ2v) is 3.98. The number of carbonyl (C=O) groups is 1. The highest BCUT2D eigenvalue weighted by Gasteiger charge is 2.11. The summed E-state index contributed by atoms with van der Waals surface area (Å²) in [5.41, 5.74) is 0.631. The molecule has 0 amide bonds. The van der Waals surface area contributed by atoms with Gasteiger partial charge in [0.2, 0.25) is 0 Å². The van der Waals surface area contributed by atoms with Gasteiger partial charge in [-0.3, -0.25) is 0 Å². The van der Waals surface area contributed by atoms with Crippen LogP contribution in [0.25, 0.3) is 10.8 Å². The van der Waals surface area contributed by atoms with Gasteiger partial charge in [0.15, 0.2) is 0 Å². The SMILES string of the molecule is CC(C)OC(=O)c1cccc2ccccc12. The highest BCUT2D eigenvalue weighted by atomic mass is 16.5. The summed E-state index contributed by atoms with van der Waals surface area (Å²) in [6.07, 6.45) is -0.0912. The molecule has 2 aromatic rings. The number of carbonyl (C=O) groups excluding carboxylic acids is 1. The average molecular weight is 214 g/mol. The molecule has 2 rings (SSSR count). The van der Waals surface area contributed by atoms with Crippen LogP contribution in [-0.4, -0.2) is 12.1 Å². The van der Waals surface area contributed by atoms with Crippen molar-refractivity contribution in [2.45, 2.75) is 20.0 Å². The van der Waals surface area contributed by atoms with Crippen LogP contribution >= 0.6 is 0 Å². The zero-order valence-corrected chi connectivity index (χ0v) is 9.44. The van der Waals surface area contributed by atoms with Crippen molar-refractivity contribution in [3.8, 4) is 0 Å². The standard InChI is InChI=1S/C14H14O2/c1-10(2)16-14(15)13-9-5-7-11-6-3-4-8-12(11)13/h3-10H,1-2H3. The molecule has 0 radical (unpaired) electrons. The van der Waals surface area contributed by atoms with Crippen LogP contribution in [0, 0.1) is 0 Å². The van der Waals surface area contributed by atoms with E-state index < -0.39 is 0 Å². The molecule has 0 spiro atoms. The lowest BCUT2D eigenvalue weighted by Gasteiger charge is -2.09. The van der Waals surface area contributed by atoms with Gasteiger partial charge in [-0.15, -0.1) is 0 Å². The average Bonchev–Trinajstić information content (AvgIpc) is 2.27. The van der Waals surface area contributed by atoms with Crippen molar-refractivity contribution < 1.29 is 9.53 Å². The molecule has 0 atom stereocenters. The lowest BCUT2D eigenvalue weighted by Crippen LogP contribution is -2.11. The third-order valence-corrected chi connectivity index (χ3v) is 2.35. The highest BCUT2D eigenvalue weighted by molar-refractivity contribution is 6.04. The van der Waals surface area contributed by atoms with Gasteiger partial charge >= 0.3 is 5.97 Å². The molecule has 0 bridgehead atoms. The summed E-state index contributed by atoms with van der Waals surface area (Å²) in [5, 5.41) is 2.00. The Morgan fingerprint density at radius 1 is 1.06 bits per heavy atom. The summed E-state index contributed by atoms with van der Waals surface area (Å²) < 4.78 is 5.21. The fourth-order valence-corrected chi connectivity index (χ4v) is 1.68. The van der Waals surface area contributed by atoms with E-state index >= 15 is 0 Å². The Kier molecular flexibility index (Phi) is 2.91. The number of ether oxygens (including phenoxy) is 1. The van der Waals surface area contributed by atoms with Gasteiger partial charge in [-0.2, -0.15) is 0 Å². The lowest BCUT2D eigenvalue weighted by atomic mass is 10.0. The van der Waals surface area contributed by atoms with Crippen LogP contribution in [0.15, 0.2) is 42.5 Å². The van der Waals surface area contributed by atoms with Crippen LogP contribution in [0.3, 0.4) is 0 Å². The largest absolute Gasteiger partial charge is 0.459 e. The van der Waals surface area contributed by atoms with E-state index in [9.17, 15) is 4.79 Å². The molecule has 82 valence electrons. The molecule has 0 aliphatic heterocycles. The zero-order chi connectivity index (χ0) is 11.5. The molecule has 0 heterocycles. The summed E-state index contributed by atoms with van der Waals surface area (Å²) >= 11 is 0. The summed E-state index contributed by atoms with van der Waals surface area (Å²) in [6.45, 7) is 3.70. The van der Waals surface area contributed by atoms with Gasteiger partial charge in [-0.1, -0.05) is 36.4 Å². The van der Waals surface area contributed by atoms with Crippen LogP contribution in [0.1, 0.15) is 24.2 Å². The predicted molar refractivity (Wildman–Crippen MR) is 64.5 cm³/mol. The molecule has 2 nitrogen and oxygen atoms in total. The maximum atomic E-state index is 11.8. The third-order valence-electron chi connectivity index (χ3n) is 2.35. The van der Waals surface area contributed by atoms with Gasteiger partial charge in [0.05, 0.1) is 11.7 Å². The van der Waals surface area contributed by atoms with Gasteiger partial charge in [0.25, 0.3) is 0 Å². The number of hydrogen-bond donors (Lipinski definition) is 0. The minimum absolute atomic E-state index is 0.0912. The molecule has 0 fully saturated rings. The molecule has 0 aliphatic rings. The van der Waals surface area contributed by atoms with E-state index in [-0.39, 0.29) is 12.1 Å². The van der Waals surface area contributed by atoms with Crippen molar-refractivity contribution in [2.24, 2.45) is 0 Å². The van der Waals surface area contributed by atoms with E-state index in [1.165, 1.54) is 0 Å². The maximum Gasteiger partial charge on any atom is 0.339 e. The van der Waals surface area contributed by atoms with Crippen LogP contribution < -0.4 is 0 Å². The number of rotatable bonds is 2. The van der Waals surface area contributed by atoms with Crippen LogP contribution in [0.2, 0.25) is 0 Å². The summed E-state index contributed by atoms with van der Waals surface area (Å²) in [7, 11) is 0. The first-order valence-electron chi connectivity index (χ1n) is 5.37. The number of fused-ring (bicyclic) bond motifs is 1. The Hall–Kier alpha value is -1.83. The molecular formula is C14H14O2. The van der Waals surface area contributed by atoms with E-state index in [0.29, 0.717) is 5.56 Å². The minimum atomic E-state index is -0.258. The maximum absolute atomic E-state index is 11.8. The number of esters is 1. The summed E-state index contributed by atoms with van der Waals surface area (Å²) in [6, 6.07) is 13.5. The van der Waals surface area contributed by atoms with Gasteiger partial charge in [-0.05, 0) is 30.7 Å². The Labute approximate surface area is 94.8 Å². The van der Waals surface area contributed by atoms with Gasteiger partial charge in [0, 0.05) is 0 Å². The molecule has 0 unspecified atom stereocenters. The second-order valence-electron chi connectivity index (χ2n) is 3.98. The van der Waals surface area contributed by atoms with Crippen molar-refractivity contribution in [2.75, 3.05) is 0 Å². The zero-order valence-electron chi connectivity index (χ0n) is 9.44. The number of hydrogen-bond acceptors (Lipinski definition) is 2. The van der Waals surface area contributed by atoms with Crippen LogP contribution in [0.5, 0.6) is 0 Å². The van der Waals surface area contributed by atoms with Crippen LogP contribution in [0.4, 0.5) is 0 Å². The summed E-state index contributed by atoms with van der Waals surface area (Å²) in [4.78, 5) is 11.8. The fourth-order valence-electron chi connectivity index (χ4n) is 1.68. The van der Waals surface area contributed by atoms with Crippen molar-refractivity contribution >= 4 is 16.7 Å². The van der Waals surface area contributed by atoms with Crippen molar-refractivity contribution in [1.82, 2.24) is 0 Å². The Bertz CT molecular complexity index is 510. The van der Waals surface area contributed by atoms with Gasteiger partial charge in [0.1, 0.15) is 0 Å². The van der Waals surface area contributed by atoms with Crippen LogP contribution in [-0.2, 0) is 4.74 Å². The monoisotopic (exact) mass is 214 g/mol. The minimum Gasteiger partial charge on any atom is -0.459 e. The molecule has 16 heavy (non-hydrogen) atoms. The smallest absolute Gasteiger partial charge is 0.339 e. The summed E-state index contributed by atoms with van der Waals surface area (Å²) in [5.74, 6) is -0.258. The second kappa shape index (κ2) is 4.35. The van der Waals surface area contributed by atoms with E-state index in [1.54, 1.807) is 6.07 Å². The topological polar surface area (TPSA) is 26.3 Å². The highest BCUT2D eigenvalue weighted by Crippen LogP contribution is 2.19. The normalized spacial score (nSPS) is 10.7. The third kappa shape index (κ3) is 2.06. The van der Waals surface area contributed by atoms with E-state index in [4.69, 9.17) is 4.74 Å². The van der Waals surface area contributed by atoms with Crippen molar-refractivity contribution in [1.29, 1.82) is 0 Å². The Morgan fingerprint density at radius 3 is 2.50 bits per heavy atom. The first kappa shape index (κ1) is 10.7. The molecule has 2 heteroatoms. The Morgan fingerprint density at radius 2 is 1.75 bits per heavy atom. The van der Waals surface area contributed by atoms with E-state index in [2.05, 4.69) is 0 Å². The van der Waals surface area contributed by atoms with E-state index in [1.807, 2.05) is 50.2 Å². The quantitative estimate of drug-likeness (QED) is 0.716. The predicted octanol–water partition coefficient (Wildman–Crippen LogP) is 3.41. The molecule has 0 N–H and O–H groups in total. The lowest BCUT2D eigenvalue weighted by molar-refractivity contribution is 0.0380. The molecule has 0 saturated carbocycles. The molecule has 0 aliphatic carbocycles. The molecule has 0 saturated heterocycles. The van der Waals surface area contributed by atoms with Crippen molar-refractivity contribution in [3.63, 3.8) is 0 Å². The first-order chi connectivity index (χ1) is 7.68. The van der Waals surface area contributed by atoms with Gasteiger partial charge < -0.3 is 4.74 Å². The Balaban J connectivity index is 2.48. The molecular weight excluding hydrogens is 200 g/mol. The van der Waals surface area contributed by atoms with Crippen molar-refractivity contribution in [3.05, 3.63) is 48.0 Å². The molecule has 2 aromatic carbocycles. The fraction of sp³-hybridized carbons (Fsp3) is 0.214. The number of benzene rings is 2. The van der Waals surface area contributed by atoms with Gasteiger partial charge in [-0.25, -0.2) is 4.79 Å².